The van der Waals surface area contributed by atoms with E-state index in [0.29, 0.717) is 0 Å². The first kappa shape index (κ1) is 12.3. The number of rotatable bonds is 2. The summed E-state index contributed by atoms with van der Waals surface area (Å²) in [4.78, 5) is 2.55. The van der Waals surface area contributed by atoms with Crippen LogP contribution in [0.25, 0.3) is 0 Å². The lowest BCUT2D eigenvalue weighted by Crippen LogP contribution is -2.47. The van der Waals surface area contributed by atoms with Crippen molar-refractivity contribution >= 4 is 11.4 Å². The predicted octanol–water partition coefficient (Wildman–Crippen LogP) is 3.52. The minimum Gasteiger partial charge on any atom is -0.399 e. The molecule has 0 aliphatic carbocycles. The summed E-state index contributed by atoms with van der Waals surface area (Å²) >= 11 is 0. The highest BCUT2D eigenvalue weighted by Gasteiger charge is 2.32. The predicted molar refractivity (Wildman–Crippen MR) is 75.6 cm³/mol. The molecule has 94 valence electrons. The van der Waals surface area contributed by atoms with E-state index in [0.717, 1.165) is 18.7 Å². The Balaban J connectivity index is 2.48. The molecule has 2 N–H and O–H groups in total. The number of aryl methyl sites for hydroxylation is 2. The van der Waals surface area contributed by atoms with E-state index in [1.807, 2.05) is 0 Å². The molecule has 0 spiro atoms. The van der Waals surface area contributed by atoms with Crippen LogP contribution in [0.2, 0.25) is 0 Å². The van der Waals surface area contributed by atoms with E-state index in [9.17, 15) is 0 Å². The van der Waals surface area contributed by atoms with Crippen LogP contribution < -0.4 is 10.6 Å². The fourth-order valence-electron chi connectivity index (χ4n) is 2.76. The second-order valence-corrected chi connectivity index (χ2v) is 5.80. The first-order chi connectivity index (χ1) is 7.95. The molecular formula is C15H24N2. The third kappa shape index (κ3) is 2.13. The van der Waals surface area contributed by atoms with Crippen LogP contribution in [0.15, 0.2) is 12.1 Å². The Kier molecular flexibility index (Phi) is 3.07. The van der Waals surface area contributed by atoms with E-state index >= 15 is 0 Å². The molecule has 1 aliphatic rings. The molecule has 1 aliphatic heterocycles. The fraction of sp³-hybridized carbons (Fsp3) is 0.600. The summed E-state index contributed by atoms with van der Waals surface area (Å²) in [6.45, 7) is 10.2. The van der Waals surface area contributed by atoms with Gasteiger partial charge in [0, 0.05) is 23.5 Å². The summed E-state index contributed by atoms with van der Waals surface area (Å²) in [5.74, 6) is 0. The highest BCUT2D eigenvalue weighted by Crippen LogP contribution is 2.38. The Morgan fingerprint density at radius 3 is 2.71 bits per heavy atom. The Labute approximate surface area is 105 Å². The molecule has 0 amide bonds. The number of nitrogens with zero attached hydrogens (tertiary/aromatic N) is 1. The maximum atomic E-state index is 6.01. The van der Waals surface area contributed by atoms with Crippen molar-refractivity contribution < 1.29 is 0 Å². The van der Waals surface area contributed by atoms with Crippen LogP contribution >= 0.6 is 0 Å². The Morgan fingerprint density at radius 2 is 2.06 bits per heavy atom. The molecule has 1 heterocycles. The summed E-state index contributed by atoms with van der Waals surface area (Å²) < 4.78 is 0. The van der Waals surface area contributed by atoms with Gasteiger partial charge in [-0.2, -0.15) is 0 Å². The van der Waals surface area contributed by atoms with Gasteiger partial charge in [0.1, 0.15) is 0 Å². The molecule has 0 atom stereocenters. The minimum atomic E-state index is 0.269. The first-order valence-corrected chi connectivity index (χ1v) is 6.62. The van der Waals surface area contributed by atoms with Crippen molar-refractivity contribution in [3.63, 3.8) is 0 Å². The van der Waals surface area contributed by atoms with Crippen LogP contribution in [-0.2, 0) is 6.42 Å². The molecule has 1 aromatic rings. The molecule has 17 heavy (non-hydrogen) atoms. The summed E-state index contributed by atoms with van der Waals surface area (Å²) in [6.07, 6.45) is 3.54. The zero-order valence-corrected chi connectivity index (χ0v) is 11.5. The van der Waals surface area contributed by atoms with Crippen molar-refractivity contribution in [3.05, 3.63) is 23.3 Å². The summed E-state index contributed by atoms with van der Waals surface area (Å²) in [6, 6.07) is 4.43. The van der Waals surface area contributed by atoms with Gasteiger partial charge in [0.25, 0.3) is 0 Å². The van der Waals surface area contributed by atoms with Gasteiger partial charge >= 0.3 is 0 Å². The van der Waals surface area contributed by atoms with Crippen LogP contribution in [0.5, 0.6) is 0 Å². The zero-order valence-electron chi connectivity index (χ0n) is 11.5. The number of hydrogen-bond acceptors (Lipinski definition) is 2. The van der Waals surface area contributed by atoms with Crippen LogP contribution in [0.4, 0.5) is 11.4 Å². The van der Waals surface area contributed by atoms with Crippen LogP contribution in [-0.4, -0.2) is 12.1 Å². The number of nitrogen functional groups attached to an aromatic ring is 1. The lowest BCUT2D eigenvalue weighted by Gasteiger charge is -2.45. The van der Waals surface area contributed by atoms with Gasteiger partial charge in [-0.1, -0.05) is 6.92 Å². The van der Waals surface area contributed by atoms with Gasteiger partial charge in [0.05, 0.1) is 0 Å². The number of hydrogen-bond donors (Lipinski definition) is 1. The maximum Gasteiger partial charge on any atom is 0.0407 e. The molecule has 0 unspecified atom stereocenters. The van der Waals surface area contributed by atoms with E-state index in [1.165, 1.54) is 29.7 Å². The smallest absolute Gasteiger partial charge is 0.0407 e. The minimum absolute atomic E-state index is 0.269. The van der Waals surface area contributed by atoms with Crippen molar-refractivity contribution in [2.24, 2.45) is 0 Å². The van der Waals surface area contributed by atoms with E-state index in [4.69, 9.17) is 5.73 Å². The highest BCUT2D eigenvalue weighted by atomic mass is 15.2. The zero-order chi connectivity index (χ0) is 12.6. The molecule has 2 nitrogen and oxygen atoms in total. The third-order valence-electron chi connectivity index (χ3n) is 3.94. The molecule has 0 bridgehead atoms. The normalized spacial score (nSPS) is 18.0. The number of benzene rings is 1. The van der Waals surface area contributed by atoms with Crippen molar-refractivity contribution in [1.29, 1.82) is 0 Å². The SMILES string of the molecule is CCCN1c2cc(C)c(N)cc2CCC1(C)C. The molecular weight excluding hydrogens is 208 g/mol. The monoisotopic (exact) mass is 232 g/mol. The second kappa shape index (κ2) is 4.25. The van der Waals surface area contributed by atoms with E-state index in [-0.39, 0.29) is 5.54 Å². The Hall–Kier alpha value is -1.18. The van der Waals surface area contributed by atoms with E-state index in [2.05, 4.69) is 44.7 Å². The van der Waals surface area contributed by atoms with Gasteiger partial charge < -0.3 is 10.6 Å². The van der Waals surface area contributed by atoms with Crippen molar-refractivity contribution in [3.8, 4) is 0 Å². The molecule has 0 aromatic heterocycles. The Morgan fingerprint density at radius 1 is 1.35 bits per heavy atom. The van der Waals surface area contributed by atoms with Gasteiger partial charge in [0.15, 0.2) is 0 Å². The van der Waals surface area contributed by atoms with Crippen LogP contribution in [0.1, 0.15) is 44.7 Å². The van der Waals surface area contributed by atoms with Gasteiger partial charge in [-0.3, -0.25) is 0 Å². The van der Waals surface area contributed by atoms with Crippen molar-refractivity contribution in [1.82, 2.24) is 0 Å². The summed E-state index contributed by atoms with van der Waals surface area (Å²) in [5, 5.41) is 0. The quantitative estimate of drug-likeness (QED) is 0.791. The molecule has 0 saturated heterocycles. The second-order valence-electron chi connectivity index (χ2n) is 5.80. The number of fused-ring (bicyclic) bond motifs is 1. The van der Waals surface area contributed by atoms with E-state index in [1.54, 1.807) is 0 Å². The first-order valence-electron chi connectivity index (χ1n) is 6.62. The van der Waals surface area contributed by atoms with Crippen molar-refractivity contribution in [2.45, 2.75) is 52.5 Å². The van der Waals surface area contributed by atoms with Crippen molar-refractivity contribution in [2.75, 3.05) is 17.2 Å². The maximum absolute atomic E-state index is 6.01. The third-order valence-corrected chi connectivity index (χ3v) is 3.94. The highest BCUT2D eigenvalue weighted by molar-refractivity contribution is 5.65. The van der Waals surface area contributed by atoms with Gasteiger partial charge in [-0.05, 0) is 63.3 Å². The molecule has 2 rings (SSSR count). The van der Waals surface area contributed by atoms with Crippen LogP contribution in [0.3, 0.4) is 0 Å². The molecule has 0 saturated carbocycles. The average molecular weight is 232 g/mol. The van der Waals surface area contributed by atoms with E-state index < -0.39 is 0 Å². The topological polar surface area (TPSA) is 29.3 Å². The molecule has 2 heteroatoms. The van der Waals surface area contributed by atoms with Gasteiger partial charge in [-0.25, -0.2) is 0 Å². The fourth-order valence-corrected chi connectivity index (χ4v) is 2.76. The summed E-state index contributed by atoms with van der Waals surface area (Å²) in [5.41, 5.74) is 11.2. The summed E-state index contributed by atoms with van der Waals surface area (Å²) in [7, 11) is 0. The van der Waals surface area contributed by atoms with Crippen LogP contribution in [0, 0.1) is 6.92 Å². The molecule has 0 fully saturated rings. The van der Waals surface area contributed by atoms with Gasteiger partial charge in [0.2, 0.25) is 0 Å². The molecule has 0 radical (unpaired) electrons. The number of nitrogens with two attached hydrogens (primary N) is 1. The standard InChI is InChI=1S/C15H24N2/c1-5-8-17-14-9-11(2)13(16)10-12(14)6-7-15(17,3)4/h9-10H,5-8,16H2,1-4H3. The largest absolute Gasteiger partial charge is 0.399 e. The average Bonchev–Trinajstić information content (AvgIpc) is 2.26. The lowest BCUT2D eigenvalue weighted by atomic mass is 9.86. The number of anilines is 2. The lowest BCUT2D eigenvalue weighted by molar-refractivity contribution is 0.408. The Bertz CT molecular complexity index is 421. The van der Waals surface area contributed by atoms with Gasteiger partial charge in [-0.15, -0.1) is 0 Å². The molecule has 1 aromatic carbocycles.